The van der Waals surface area contributed by atoms with Gasteiger partial charge in [0.25, 0.3) is 0 Å². The molecule has 2 N–H and O–H groups in total. The molecule has 0 saturated heterocycles. The van der Waals surface area contributed by atoms with Crippen LogP contribution in [0.15, 0.2) is 47.7 Å². The van der Waals surface area contributed by atoms with E-state index in [4.69, 9.17) is 0 Å². The molecule has 0 saturated carbocycles. The first-order valence-electron chi connectivity index (χ1n) is 7.00. The number of nitrogens with zero attached hydrogens (tertiary/aromatic N) is 1. The molecule has 4 heteroatoms. The second-order valence-electron chi connectivity index (χ2n) is 6.04. The van der Waals surface area contributed by atoms with Gasteiger partial charge in [-0.1, -0.05) is 45.0 Å². The molecule has 2 aromatic rings. The molecule has 4 nitrogen and oxygen atoms in total. The smallest absolute Gasteiger partial charge is 0.244 e. The van der Waals surface area contributed by atoms with Crippen molar-refractivity contribution in [3.63, 3.8) is 0 Å². The summed E-state index contributed by atoms with van der Waals surface area (Å²) in [6, 6.07) is 11.9. The van der Waals surface area contributed by atoms with Gasteiger partial charge < -0.3 is 4.98 Å². The predicted octanol–water partition coefficient (Wildman–Crippen LogP) is 3.01. The van der Waals surface area contributed by atoms with Crippen LogP contribution < -0.4 is 5.43 Å². The molecular formula is C17H21N3O. The Morgan fingerprint density at radius 3 is 2.52 bits per heavy atom. The summed E-state index contributed by atoms with van der Waals surface area (Å²) in [6.45, 7) is 6.51. The second-order valence-corrected chi connectivity index (χ2v) is 6.04. The molecule has 0 radical (unpaired) electrons. The number of hydrogen-bond acceptors (Lipinski definition) is 2. The number of hydrazone groups is 1. The zero-order valence-electron chi connectivity index (χ0n) is 12.7. The average molecular weight is 283 g/mol. The quantitative estimate of drug-likeness (QED) is 0.657. The Kier molecular flexibility index (Phi) is 4.58. The number of amides is 1. The molecule has 2 rings (SSSR count). The molecule has 0 fully saturated rings. The van der Waals surface area contributed by atoms with E-state index >= 15 is 0 Å². The van der Waals surface area contributed by atoms with Gasteiger partial charge in [0.15, 0.2) is 0 Å². The zero-order valence-corrected chi connectivity index (χ0v) is 12.7. The van der Waals surface area contributed by atoms with E-state index < -0.39 is 0 Å². The Morgan fingerprint density at radius 1 is 1.24 bits per heavy atom. The summed E-state index contributed by atoms with van der Waals surface area (Å²) in [7, 11) is 0. The standard InChI is InChI=1S/C17H21N3O/c1-17(2,3)14-8-6-13(7-9-14)11-16(21)20-19-12-15-5-4-10-18-15/h4-10,12,18H,11H2,1-3H3,(H,20,21)/b19-12+. The van der Waals surface area contributed by atoms with E-state index in [1.165, 1.54) is 5.56 Å². The minimum Gasteiger partial charge on any atom is -0.360 e. The Hall–Kier alpha value is -2.36. The molecule has 0 atom stereocenters. The topological polar surface area (TPSA) is 57.2 Å². The maximum absolute atomic E-state index is 11.8. The van der Waals surface area contributed by atoms with E-state index in [-0.39, 0.29) is 11.3 Å². The van der Waals surface area contributed by atoms with Crippen LogP contribution in [0.5, 0.6) is 0 Å². The van der Waals surface area contributed by atoms with Gasteiger partial charge in [-0.05, 0) is 28.7 Å². The Bertz CT molecular complexity index is 604. The first-order chi connectivity index (χ1) is 9.95. The molecule has 110 valence electrons. The molecule has 0 aliphatic rings. The molecule has 0 spiro atoms. The van der Waals surface area contributed by atoms with Gasteiger partial charge in [-0.25, -0.2) is 5.43 Å². The van der Waals surface area contributed by atoms with Crippen LogP contribution in [-0.2, 0) is 16.6 Å². The second kappa shape index (κ2) is 6.39. The highest BCUT2D eigenvalue weighted by Crippen LogP contribution is 2.22. The third-order valence-corrected chi connectivity index (χ3v) is 3.20. The lowest BCUT2D eigenvalue weighted by atomic mass is 9.86. The van der Waals surface area contributed by atoms with E-state index in [0.29, 0.717) is 6.42 Å². The molecule has 0 unspecified atom stereocenters. The van der Waals surface area contributed by atoms with Gasteiger partial charge in [-0.2, -0.15) is 5.10 Å². The molecule has 1 aromatic heterocycles. The van der Waals surface area contributed by atoms with Crippen molar-refractivity contribution in [1.29, 1.82) is 0 Å². The Morgan fingerprint density at radius 2 is 1.95 bits per heavy atom. The van der Waals surface area contributed by atoms with Gasteiger partial charge in [0.1, 0.15) is 0 Å². The summed E-state index contributed by atoms with van der Waals surface area (Å²) in [5.41, 5.74) is 5.75. The van der Waals surface area contributed by atoms with Crippen LogP contribution in [0.1, 0.15) is 37.6 Å². The van der Waals surface area contributed by atoms with Crippen LogP contribution in [0, 0.1) is 0 Å². The number of aromatic amines is 1. The summed E-state index contributed by atoms with van der Waals surface area (Å²) < 4.78 is 0. The lowest BCUT2D eigenvalue weighted by molar-refractivity contribution is -0.120. The number of hydrogen-bond donors (Lipinski definition) is 2. The van der Waals surface area contributed by atoms with E-state index in [0.717, 1.165) is 11.3 Å². The van der Waals surface area contributed by atoms with Crippen molar-refractivity contribution in [2.24, 2.45) is 5.10 Å². The Balaban J connectivity index is 1.88. The maximum Gasteiger partial charge on any atom is 0.244 e. The van der Waals surface area contributed by atoms with Gasteiger partial charge >= 0.3 is 0 Å². The molecule has 1 amide bonds. The number of H-pyrrole nitrogens is 1. The Labute approximate surface area is 125 Å². The number of carbonyl (C=O) groups is 1. The molecule has 1 heterocycles. The van der Waals surface area contributed by atoms with E-state index in [9.17, 15) is 4.79 Å². The number of nitrogens with one attached hydrogen (secondary N) is 2. The molecule has 21 heavy (non-hydrogen) atoms. The van der Waals surface area contributed by atoms with Gasteiger partial charge in [0.2, 0.25) is 5.91 Å². The van der Waals surface area contributed by atoms with Crippen molar-refractivity contribution in [3.05, 3.63) is 59.4 Å². The highest BCUT2D eigenvalue weighted by molar-refractivity contribution is 5.82. The normalized spacial score (nSPS) is 11.8. The van der Waals surface area contributed by atoms with Crippen LogP contribution in [0.2, 0.25) is 0 Å². The number of aromatic nitrogens is 1. The fraction of sp³-hybridized carbons (Fsp3) is 0.294. The van der Waals surface area contributed by atoms with Crippen LogP contribution in [0.4, 0.5) is 0 Å². The molecule has 1 aromatic carbocycles. The van der Waals surface area contributed by atoms with Gasteiger partial charge in [-0.3, -0.25) is 4.79 Å². The van der Waals surface area contributed by atoms with E-state index in [1.807, 2.05) is 24.3 Å². The summed E-state index contributed by atoms with van der Waals surface area (Å²) in [4.78, 5) is 14.8. The van der Waals surface area contributed by atoms with Crippen molar-refractivity contribution in [1.82, 2.24) is 10.4 Å². The number of rotatable bonds is 4. The third kappa shape index (κ3) is 4.60. The van der Waals surface area contributed by atoms with Crippen molar-refractivity contribution < 1.29 is 4.79 Å². The monoisotopic (exact) mass is 283 g/mol. The summed E-state index contributed by atoms with van der Waals surface area (Å²) in [6.07, 6.45) is 3.72. The zero-order chi connectivity index (χ0) is 15.3. The summed E-state index contributed by atoms with van der Waals surface area (Å²) in [5.74, 6) is -0.124. The molecule has 0 bridgehead atoms. The number of benzene rings is 1. The number of carbonyl (C=O) groups excluding carboxylic acids is 1. The molecular weight excluding hydrogens is 262 g/mol. The predicted molar refractivity (Wildman–Crippen MR) is 85.4 cm³/mol. The largest absolute Gasteiger partial charge is 0.360 e. The van der Waals surface area contributed by atoms with Crippen molar-refractivity contribution in [2.75, 3.05) is 0 Å². The van der Waals surface area contributed by atoms with Crippen LogP contribution >= 0.6 is 0 Å². The van der Waals surface area contributed by atoms with E-state index in [2.05, 4.69) is 48.4 Å². The first-order valence-corrected chi connectivity index (χ1v) is 7.00. The minimum atomic E-state index is -0.124. The lowest BCUT2D eigenvalue weighted by Gasteiger charge is -2.19. The molecule has 0 aliphatic carbocycles. The van der Waals surface area contributed by atoms with Crippen molar-refractivity contribution in [2.45, 2.75) is 32.6 Å². The van der Waals surface area contributed by atoms with Gasteiger partial charge in [0, 0.05) is 6.20 Å². The first kappa shape index (κ1) is 15.0. The summed E-state index contributed by atoms with van der Waals surface area (Å²) in [5, 5.41) is 3.91. The maximum atomic E-state index is 11.8. The van der Waals surface area contributed by atoms with Crippen LogP contribution in [-0.4, -0.2) is 17.1 Å². The third-order valence-electron chi connectivity index (χ3n) is 3.20. The SMILES string of the molecule is CC(C)(C)c1ccc(CC(=O)N/N=C/c2ccc[nH]2)cc1. The van der Waals surface area contributed by atoms with Crippen LogP contribution in [0.3, 0.4) is 0 Å². The molecule has 0 aliphatic heterocycles. The van der Waals surface area contributed by atoms with Crippen molar-refractivity contribution >= 4 is 12.1 Å². The fourth-order valence-electron chi connectivity index (χ4n) is 1.95. The fourth-order valence-corrected chi connectivity index (χ4v) is 1.95. The highest BCUT2D eigenvalue weighted by atomic mass is 16.2. The minimum absolute atomic E-state index is 0.124. The highest BCUT2D eigenvalue weighted by Gasteiger charge is 2.13. The van der Waals surface area contributed by atoms with E-state index in [1.54, 1.807) is 12.4 Å². The van der Waals surface area contributed by atoms with Gasteiger partial charge in [-0.15, -0.1) is 0 Å². The average Bonchev–Trinajstić information content (AvgIpc) is 2.91. The summed E-state index contributed by atoms with van der Waals surface area (Å²) >= 11 is 0. The van der Waals surface area contributed by atoms with Crippen molar-refractivity contribution in [3.8, 4) is 0 Å². The lowest BCUT2D eigenvalue weighted by Crippen LogP contribution is -2.20. The van der Waals surface area contributed by atoms with Gasteiger partial charge in [0.05, 0.1) is 18.3 Å². The van der Waals surface area contributed by atoms with Crippen LogP contribution in [0.25, 0.3) is 0 Å².